The van der Waals surface area contributed by atoms with Gasteiger partial charge in [-0.2, -0.15) is 0 Å². The number of nitrogens with zero attached hydrogens (tertiary/aromatic N) is 1. The molecule has 3 aromatic carbocycles. The van der Waals surface area contributed by atoms with Gasteiger partial charge in [0.05, 0.1) is 23.3 Å². The molecule has 0 aromatic heterocycles. The van der Waals surface area contributed by atoms with Crippen LogP contribution in [0.3, 0.4) is 0 Å². The van der Waals surface area contributed by atoms with Crippen molar-refractivity contribution < 1.29 is 23.5 Å². The number of amidine groups is 1. The molecule has 34 heavy (non-hydrogen) atoms. The molecule has 1 amide bonds. The highest BCUT2D eigenvalue weighted by Crippen LogP contribution is 2.33. The monoisotopic (exact) mass is 476 g/mol. The lowest BCUT2D eigenvalue weighted by molar-refractivity contribution is -0.115. The molecule has 0 atom stereocenters. The summed E-state index contributed by atoms with van der Waals surface area (Å²) in [5.41, 5.74) is 3.80. The van der Waals surface area contributed by atoms with Gasteiger partial charge in [0.15, 0.2) is 16.7 Å². The van der Waals surface area contributed by atoms with Crippen LogP contribution in [-0.2, 0) is 4.79 Å². The molecule has 172 valence electrons. The molecule has 8 heteroatoms. The zero-order chi connectivity index (χ0) is 24.2. The van der Waals surface area contributed by atoms with Crippen molar-refractivity contribution in [3.63, 3.8) is 0 Å². The summed E-state index contributed by atoms with van der Waals surface area (Å²) in [6.07, 6.45) is 1.71. The summed E-state index contributed by atoms with van der Waals surface area (Å²) in [7, 11) is 1.45. The number of methoxy groups -OCH3 is 1. The first-order chi connectivity index (χ1) is 16.3. The lowest BCUT2D eigenvalue weighted by atomic mass is 10.1. The van der Waals surface area contributed by atoms with E-state index in [1.807, 2.05) is 32.0 Å². The number of nitrogens with one attached hydrogen (secondary N) is 1. The van der Waals surface area contributed by atoms with Crippen LogP contribution in [0.1, 0.15) is 27.0 Å². The highest BCUT2D eigenvalue weighted by Gasteiger charge is 2.24. The van der Waals surface area contributed by atoms with E-state index in [1.165, 1.54) is 43.1 Å². The number of carbonyl (C=O) groups excluding carboxylic acids is 2. The predicted molar refractivity (Wildman–Crippen MR) is 131 cm³/mol. The minimum Gasteiger partial charge on any atom is -0.493 e. The first-order valence-electron chi connectivity index (χ1n) is 10.3. The van der Waals surface area contributed by atoms with Gasteiger partial charge in [0.1, 0.15) is 5.82 Å². The molecule has 0 bridgehead atoms. The van der Waals surface area contributed by atoms with E-state index in [4.69, 9.17) is 9.47 Å². The molecule has 1 aliphatic heterocycles. The summed E-state index contributed by atoms with van der Waals surface area (Å²) in [5, 5.41) is 3.29. The third-order valence-electron chi connectivity index (χ3n) is 5.01. The molecule has 1 heterocycles. The van der Waals surface area contributed by atoms with Crippen molar-refractivity contribution in [3.05, 3.63) is 93.6 Å². The van der Waals surface area contributed by atoms with Crippen LogP contribution in [0.15, 0.2) is 70.6 Å². The number of hydrogen-bond donors (Lipinski definition) is 1. The lowest BCUT2D eigenvalue weighted by Crippen LogP contribution is -2.19. The fraction of sp³-hybridized carbons (Fsp3) is 0.115. The number of hydrogen-bond acceptors (Lipinski definition) is 6. The predicted octanol–water partition coefficient (Wildman–Crippen LogP) is 5.56. The van der Waals surface area contributed by atoms with E-state index in [-0.39, 0.29) is 17.2 Å². The molecule has 4 rings (SSSR count). The third-order valence-corrected chi connectivity index (χ3v) is 5.92. The normalized spacial score (nSPS) is 15.5. The molecule has 1 N–H and O–H groups in total. The molecule has 6 nitrogen and oxygen atoms in total. The van der Waals surface area contributed by atoms with Crippen molar-refractivity contribution in [1.29, 1.82) is 0 Å². The maximum atomic E-state index is 13.1. The quantitative estimate of drug-likeness (QED) is 0.296. The van der Waals surface area contributed by atoms with Crippen LogP contribution in [0.5, 0.6) is 11.5 Å². The molecule has 1 saturated heterocycles. The minimum absolute atomic E-state index is 0.208. The third kappa shape index (κ3) is 5.35. The van der Waals surface area contributed by atoms with E-state index in [0.29, 0.717) is 21.4 Å². The second-order valence-electron chi connectivity index (χ2n) is 7.58. The van der Waals surface area contributed by atoms with E-state index in [2.05, 4.69) is 10.3 Å². The van der Waals surface area contributed by atoms with Gasteiger partial charge in [-0.05, 0) is 90.8 Å². The van der Waals surface area contributed by atoms with Gasteiger partial charge in [-0.15, -0.1) is 0 Å². The van der Waals surface area contributed by atoms with E-state index < -0.39 is 11.8 Å². The molecule has 0 unspecified atom stereocenters. The summed E-state index contributed by atoms with van der Waals surface area (Å²) >= 11 is 1.24. The van der Waals surface area contributed by atoms with Gasteiger partial charge >= 0.3 is 5.97 Å². The van der Waals surface area contributed by atoms with Crippen LogP contribution in [0, 0.1) is 19.7 Å². The van der Waals surface area contributed by atoms with E-state index in [0.717, 1.165) is 16.8 Å². The second-order valence-corrected chi connectivity index (χ2v) is 8.61. The topological polar surface area (TPSA) is 77.0 Å². The fourth-order valence-electron chi connectivity index (χ4n) is 3.18. The fourth-order valence-corrected chi connectivity index (χ4v) is 4.02. The Hall–Kier alpha value is -3.91. The Morgan fingerprint density at radius 1 is 1.03 bits per heavy atom. The number of ether oxygens (including phenoxy) is 2. The van der Waals surface area contributed by atoms with Crippen LogP contribution in [0.4, 0.5) is 10.1 Å². The summed E-state index contributed by atoms with van der Waals surface area (Å²) in [5.74, 6) is -0.804. The van der Waals surface area contributed by atoms with Crippen LogP contribution >= 0.6 is 11.8 Å². The highest BCUT2D eigenvalue weighted by atomic mass is 32.2. The number of thioether (sulfide) groups is 1. The minimum atomic E-state index is -0.637. The Balaban J connectivity index is 1.53. The van der Waals surface area contributed by atoms with Gasteiger partial charge in [-0.25, -0.2) is 14.2 Å². The van der Waals surface area contributed by atoms with Gasteiger partial charge in [0.2, 0.25) is 0 Å². The molecule has 0 aliphatic carbocycles. The van der Waals surface area contributed by atoms with Crippen molar-refractivity contribution in [1.82, 2.24) is 5.32 Å². The number of benzene rings is 3. The van der Waals surface area contributed by atoms with Crippen LogP contribution in [-0.4, -0.2) is 24.2 Å². The highest BCUT2D eigenvalue weighted by molar-refractivity contribution is 8.18. The number of aryl methyl sites for hydroxylation is 2. The van der Waals surface area contributed by atoms with Crippen LogP contribution in [0.25, 0.3) is 6.08 Å². The molecule has 1 aliphatic rings. The van der Waals surface area contributed by atoms with Crippen molar-refractivity contribution >= 4 is 40.6 Å². The second kappa shape index (κ2) is 9.93. The first kappa shape index (κ1) is 23.3. The first-order valence-corrected chi connectivity index (χ1v) is 11.2. The molecule has 0 radical (unpaired) electrons. The Kier molecular flexibility index (Phi) is 6.79. The number of rotatable bonds is 5. The average Bonchev–Trinajstić information content (AvgIpc) is 3.16. The average molecular weight is 477 g/mol. The van der Waals surface area contributed by atoms with E-state index >= 15 is 0 Å². The smallest absolute Gasteiger partial charge is 0.343 e. The Morgan fingerprint density at radius 2 is 1.79 bits per heavy atom. The van der Waals surface area contributed by atoms with Crippen molar-refractivity contribution in [2.75, 3.05) is 7.11 Å². The largest absolute Gasteiger partial charge is 0.493 e. The molecule has 1 fully saturated rings. The van der Waals surface area contributed by atoms with E-state index in [9.17, 15) is 14.0 Å². The lowest BCUT2D eigenvalue weighted by Gasteiger charge is -2.10. The molecular weight excluding hydrogens is 455 g/mol. The van der Waals surface area contributed by atoms with Crippen molar-refractivity contribution in [3.8, 4) is 11.5 Å². The van der Waals surface area contributed by atoms with Gasteiger partial charge in [0, 0.05) is 0 Å². The Morgan fingerprint density at radius 3 is 2.53 bits per heavy atom. The number of amides is 1. The summed E-state index contributed by atoms with van der Waals surface area (Å²) in [6, 6.07) is 16.0. The molecule has 0 saturated carbocycles. The zero-order valence-corrected chi connectivity index (χ0v) is 19.5. The summed E-state index contributed by atoms with van der Waals surface area (Å²) in [4.78, 5) is 29.9. The maximum absolute atomic E-state index is 13.1. The van der Waals surface area contributed by atoms with Crippen LogP contribution in [0.2, 0.25) is 0 Å². The summed E-state index contributed by atoms with van der Waals surface area (Å²) in [6.45, 7) is 3.95. The Labute approximate surface area is 200 Å². The van der Waals surface area contributed by atoms with Crippen molar-refractivity contribution in [2.24, 2.45) is 4.99 Å². The van der Waals surface area contributed by atoms with Crippen molar-refractivity contribution in [2.45, 2.75) is 13.8 Å². The molecular formula is C26H21FN2O4S. The van der Waals surface area contributed by atoms with E-state index in [1.54, 1.807) is 24.3 Å². The maximum Gasteiger partial charge on any atom is 0.343 e. The summed E-state index contributed by atoms with van der Waals surface area (Å²) < 4.78 is 23.8. The van der Waals surface area contributed by atoms with Crippen LogP contribution < -0.4 is 14.8 Å². The SMILES string of the molecule is COc1cc(/C=C2\SC(=Nc3cc(C)ccc3C)NC2=O)ccc1OC(=O)c1ccc(F)cc1. The number of esters is 1. The number of carbonyl (C=O) groups is 2. The molecule has 3 aromatic rings. The molecule has 0 spiro atoms. The van der Waals surface area contributed by atoms with Gasteiger partial charge in [0.25, 0.3) is 5.91 Å². The Bertz CT molecular complexity index is 1330. The number of aliphatic imine (C=N–C) groups is 1. The van der Waals surface area contributed by atoms with Gasteiger partial charge in [-0.1, -0.05) is 18.2 Å². The van der Waals surface area contributed by atoms with Gasteiger partial charge < -0.3 is 14.8 Å². The zero-order valence-electron chi connectivity index (χ0n) is 18.7. The standard InChI is InChI=1S/C26H21FN2O4S/c1-15-4-5-16(2)20(12-15)28-26-29-24(30)23(34-26)14-17-6-11-21(22(13-17)32-3)33-25(31)18-7-9-19(27)10-8-18/h4-14H,1-3H3,(H,28,29,30)/b23-14-. The van der Waals surface area contributed by atoms with Gasteiger partial charge in [-0.3, -0.25) is 4.79 Å². The number of halogens is 1.